The number of benzene rings is 2. The van der Waals surface area contributed by atoms with Crippen LogP contribution in [0.4, 0.5) is 13.2 Å². The predicted molar refractivity (Wildman–Crippen MR) is 93.3 cm³/mol. The van der Waals surface area contributed by atoms with Crippen LogP contribution in [0, 0.1) is 5.92 Å². The van der Waals surface area contributed by atoms with E-state index in [-0.39, 0.29) is 10.7 Å². The Morgan fingerprint density at radius 1 is 1.04 bits per heavy atom. The lowest BCUT2D eigenvalue weighted by Crippen LogP contribution is -2.72. The maximum absolute atomic E-state index is 13.8. The summed E-state index contributed by atoms with van der Waals surface area (Å²) in [6.45, 7) is 0. The second-order valence-electron chi connectivity index (χ2n) is 5.96. The van der Waals surface area contributed by atoms with Crippen LogP contribution in [0.3, 0.4) is 0 Å². The Morgan fingerprint density at radius 3 is 2.12 bits per heavy atom. The van der Waals surface area contributed by atoms with Gasteiger partial charge in [0.25, 0.3) is 0 Å². The van der Waals surface area contributed by atoms with E-state index in [0.717, 1.165) is 0 Å². The number of rotatable bonds is 3. The third kappa shape index (κ3) is 3.17. The number of halogens is 3. The molecular formula is C18H15F3N2O2S. The molecule has 0 saturated carbocycles. The molecule has 2 aromatic carbocycles. The van der Waals surface area contributed by atoms with Crippen LogP contribution in [0.2, 0.25) is 0 Å². The second kappa shape index (κ2) is 6.69. The molecule has 0 aliphatic carbocycles. The summed E-state index contributed by atoms with van der Waals surface area (Å²) in [5.41, 5.74) is -3.02. The lowest BCUT2D eigenvalue weighted by Gasteiger charge is -2.46. The normalized spacial score (nSPS) is 25.9. The van der Waals surface area contributed by atoms with Crippen molar-refractivity contribution >= 4 is 23.1 Å². The molecule has 0 radical (unpaired) electrons. The summed E-state index contributed by atoms with van der Waals surface area (Å²) >= 11 is 4.86. The topological polar surface area (TPSA) is 61.4 Å². The number of aliphatic hydroxyl groups is 1. The molecule has 0 amide bonds. The van der Waals surface area contributed by atoms with E-state index in [9.17, 15) is 23.1 Å². The van der Waals surface area contributed by atoms with Crippen LogP contribution in [0.1, 0.15) is 22.0 Å². The smallest absolute Gasteiger partial charge is 0.363 e. The van der Waals surface area contributed by atoms with Crippen molar-refractivity contribution in [3.05, 3.63) is 71.8 Å². The number of carbonyl (C=O) groups is 1. The number of hydrogen-bond acceptors (Lipinski definition) is 3. The van der Waals surface area contributed by atoms with Gasteiger partial charge in [0, 0.05) is 5.56 Å². The summed E-state index contributed by atoms with van der Waals surface area (Å²) in [4.78, 5) is 13.0. The molecule has 1 heterocycles. The van der Waals surface area contributed by atoms with Crippen molar-refractivity contribution < 1.29 is 23.1 Å². The van der Waals surface area contributed by atoms with E-state index in [0.29, 0.717) is 5.56 Å². The standard InChI is InChI=1S/C18H15F3N2O2S/c19-18(20,21)17(25)13(15(24)12-9-5-2-6-10-12)14(22-16(26)23-17)11-7-3-1-4-8-11/h1-10,13-14,25H,(H2,22,23,26)/t13-,14+,17+/m0/s1. The quantitative estimate of drug-likeness (QED) is 0.565. The Balaban J connectivity index is 2.15. The maximum Gasteiger partial charge on any atom is 0.437 e. The predicted octanol–water partition coefficient (Wildman–Crippen LogP) is 2.96. The van der Waals surface area contributed by atoms with Crippen LogP contribution in [0.5, 0.6) is 0 Å². The van der Waals surface area contributed by atoms with E-state index in [2.05, 4.69) is 5.32 Å². The van der Waals surface area contributed by atoms with Gasteiger partial charge >= 0.3 is 6.18 Å². The van der Waals surface area contributed by atoms with Gasteiger partial charge < -0.3 is 15.7 Å². The SMILES string of the molecule is O=C(c1ccccc1)[C@@H]1[C@@H](c2ccccc2)NC(=S)N[C@]1(O)C(F)(F)F. The fourth-order valence-corrected chi connectivity index (χ4v) is 3.34. The number of ketones is 1. The zero-order valence-electron chi connectivity index (χ0n) is 13.3. The summed E-state index contributed by atoms with van der Waals surface area (Å²) in [6.07, 6.45) is -5.12. The Kier molecular flexibility index (Phi) is 4.72. The summed E-state index contributed by atoms with van der Waals surface area (Å²) in [5.74, 6) is -2.72. The van der Waals surface area contributed by atoms with Crippen molar-refractivity contribution in [2.45, 2.75) is 17.9 Å². The Labute approximate surface area is 153 Å². The molecule has 8 heteroatoms. The zero-order chi connectivity index (χ0) is 18.9. The molecule has 3 atom stereocenters. The summed E-state index contributed by atoms with van der Waals surface area (Å²) < 4.78 is 41.3. The van der Waals surface area contributed by atoms with Crippen molar-refractivity contribution in [2.75, 3.05) is 0 Å². The number of alkyl halides is 3. The van der Waals surface area contributed by atoms with Crippen molar-refractivity contribution in [1.82, 2.24) is 10.6 Å². The largest absolute Gasteiger partial charge is 0.437 e. The van der Waals surface area contributed by atoms with E-state index in [1.165, 1.54) is 12.1 Å². The van der Waals surface area contributed by atoms with Crippen LogP contribution in [0.25, 0.3) is 0 Å². The number of nitrogens with one attached hydrogen (secondary N) is 2. The minimum atomic E-state index is -5.12. The van der Waals surface area contributed by atoms with E-state index >= 15 is 0 Å². The number of thiocarbonyl (C=S) groups is 1. The third-order valence-corrected chi connectivity index (χ3v) is 4.53. The molecule has 1 saturated heterocycles. The van der Waals surface area contributed by atoms with Gasteiger partial charge in [0.2, 0.25) is 5.72 Å². The van der Waals surface area contributed by atoms with Gasteiger partial charge in [-0.05, 0) is 17.8 Å². The average Bonchev–Trinajstić information content (AvgIpc) is 2.61. The molecule has 4 nitrogen and oxygen atoms in total. The van der Waals surface area contributed by atoms with E-state index < -0.39 is 29.6 Å². The van der Waals surface area contributed by atoms with Crippen molar-refractivity contribution in [2.24, 2.45) is 5.92 Å². The first-order valence-electron chi connectivity index (χ1n) is 7.76. The Bertz CT molecular complexity index is 814. The molecule has 2 aromatic rings. The van der Waals surface area contributed by atoms with Crippen LogP contribution in [-0.4, -0.2) is 27.9 Å². The highest BCUT2D eigenvalue weighted by atomic mass is 32.1. The van der Waals surface area contributed by atoms with Gasteiger partial charge in [0.15, 0.2) is 10.9 Å². The molecule has 136 valence electrons. The van der Waals surface area contributed by atoms with Gasteiger partial charge in [0.05, 0.1) is 6.04 Å². The molecule has 0 aromatic heterocycles. The minimum Gasteiger partial charge on any atom is -0.363 e. The summed E-state index contributed by atoms with van der Waals surface area (Å²) in [7, 11) is 0. The lowest BCUT2D eigenvalue weighted by atomic mass is 9.77. The Hall–Kier alpha value is -2.45. The monoisotopic (exact) mass is 380 g/mol. The van der Waals surface area contributed by atoms with Crippen LogP contribution in [0.15, 0.2) is 60.7 Å². The highest BCUT2D eigenvalue weighted by molar-refractivity contribution is 7.80. The highest BCUT2D eigenvalue weighted by Gasteiger charge is 2.65. The van der Waals surface area contributed by atoms with Gasteiger partial charge in [-0.3, -0.25) is 4.79 Å². The molecule has 1 aliphatic rings. The fraction of sp³-hybridized carbons (Fsp3) is 0.222. The van der Waals surface area contributed by atoms with Crippen molar-refractivity contribution in [3.63, 3.8) is 0 Å². The van der Waals surface area contributed by atoms with E-state index in [4.69, 9.17) is 12.2 Å². The second-order valence-corrected chi connectivity index (χ2v) is 6.37. The van der Waals surface area contributed by atoms with Gasteiger partial charge in [-0.2, -0.15) is 13.2 Å². The van der Waals surface area contributed by atoms with Gasteiger partial charge in [-0.15, -0.1) is 0 Å². The first kappa shape index (κ1) is 18.3. The molecule has 0 spiro atoms. The third-order valence-electron chi connectivity index (χ3n) is 4.31. The van der Waals surface area contributed by atoms with Crippen LogP contribution >= 0.6 is 12.2 Å². The van der Waals surface area contributed by atoms with Gasteiger partial charge in [-0.1, -0.05) is 60.7 Å². The maximum atomic E-state index is 13.8. The zero-order valence-corrected chi connectivity index (χ0v) is 14.1. The first-order valence-corrected chi connectivity index (χ1v) is 8.17. The van der Waals surface area contributed by atoms with Gasteiger partial charge in [-0.25, -0.2) is 0 Å². The molecular weight excluding hydrogens is 365 g/mol. The van der Waals surface area contributed by atoms with Crippen molar-refractivity contribution in [3.8, 4) is 0 Å². The Morgan fingerprint density at radius 2 is 1.58 bits per heavy atom. The number of Topliss-reactive ketones (excluding diaryl/α,β-unsaturated/α-hetero) is 1. The summed E-state index contributed by atoms with van der Waals surface area (Å²) in [5, 5.41) is 14.7. The van der Waals surface area contributed by atoms with Crippen molar-refractivity contribution in [1.29, 1.82) is 0 Å². The average molecular weight is 380 g/mol. The molecule has 1 fully saturated rings. The molecule has 3 rings (SSSR count). The molecule has 3 N–H and O–H groups in total. The highest BCUT2D eigenvalue weighted by Crippen LogP contribution is 2.43. The molecule has 26 heavy (non-hydrogen) atoms. The van der Waals surface area contributed by atoms with Gasteiger partial charge in [0.1, 0.15) is 5.92 Å². The van der Waals surface area contributed by atoms with E-state index in [1.807, 2.05) is 5.32 Å². The first-order chi connectivity index (χ1) is 12.2. The van der Waals surface area contributed by atoms with E-state index in [1.54, 1.807) is 48.5 Å². The fourth-order valence-electron chi connectivity index (χ4n) is 3.06. The molecule has 0 bridgehead atoms. The molecule has 0 unspecified atom stereocenters. The summed E-state index contributed by atoms with van der Waals surface area (Å²) in [6, 6.07) is 14.5. The lowest BCUT2D eigenvalue weighted by molar-refractivity contribution is -0.285. The number of carbonyl (C=O) groups excluding carboxylic acids is 1. The van der Waals surface area contributed by atoms with Crippen LogP contribution in [-0.2, 0) is 0 Å². The number of hydrogen-bond donors (Lipinski definition) is 3. The minimum absolute atomic E-state index is 0.0672. The molecule has 1 aliphatic heterocycles. The van der Waals surface area contributed by atoms with Crippen LogP contribution < -0.4 is 10.6 Å².